The zero-order valence-electron chi connectivity index (χ0n) is 18.6. The molecule has 1 aliphatic rings. The van der Waals surface area contributed by atoms with Gasteiger partial charge in [0.1, 0.15) is 10.9 Å². The van der Waals surface area contributed by atoms with Crippen molar-refractivity contribution in [3.63, 3.8) is 0 Å². The van der Waals surface area contributed by atoms with Gasteiger partial charge in [0.15, 0.2) is 3.79 Å². The van der Waals surface area contributed by atoms with Gasteiger partial charge in [0.05, 0.1) is 23.9 Å². The van der Waals surface area contributed by atoms with Gasteiger partial charge in [0.2, 0.25) is 5.91 Å². The van der Waals surface area contributed by atoms with E-state index < -0.39 is 6.04 Å². The van der Waals surface area contributed by atoms with Gasteiger partial charge in [0, 0.05) is 42.0 Å². The molecule has 34 heavy (non-hydrogen) atoms. The van der Waals surface area contributed by atoms with Gasteiger partial charge in [-0.05, 0) is 71.8 Å². The first-order chi connectivity index (χ1) is 16.4. The molecule has 2 N–H and O–H groups in total. The maximum absolute atomic E-state index is 13.1. The number of fused-ring (bicyclic) bond motifs is 1. The maximum Gasteiger partial charge on any atom is 0.243 e. The number of anilines is 1. The third kappa shape index (κ3) is 5.50. The Kier molecular flexibility index (Phi) is 7.67. The van der Waals surface area contributed by atoms with Crippen LogP contribution in [0.2, 0.25) is 5.15 Å². The second kappa shape index (κ2) is 10.7. The predicted molar refractivity (Wildman–Crippen MR) is 142 cm³/mol. The normalized spacial score (nSPS) is 15.4. The van der Waals surface area contributed by atoms with Gasteiger partial charge in [0.25, 0.3) is 0 Å². The SMILES string of the molecule is CCOc1ccc2cc(C3CC(c4ccc(N)cc4)=NN3C(=O)CCCC(=O)I)c(Cl)nc2c1. The fraction of sp³-hybridized carbons (Fsp3) is 0.280. The van der Waals surface area contributed by atoms with Crippen molar-refractivity contribution >= 4 is 66.2 Å². The molecule has 3 aromatic rings. The molecule has 1 amide bonds. The molecule has 0 spiro atoms. The Labute approximate surface area is 216 Å². The zero-order chi connectivity index (χ0) is 24.2. The third-order valence-corrected chi connectivity index (χ3v) is 6.46. The van der Waals surface area contributed by atoms with Crippen LogP contribution in [-0.4, -0.2) is 32.0 Å². The second-order valence-corrected chi connectivity index (χ2v) is 9.55. The average molecular weight is 591 g/mol. The number of rotatable bonds is 8. The lowest BCUT2D eigenvalue weighted by molar-refractivity contribution is -0.133. The minimum Gasteiger partial charge on any atom is -0.494 e. The Morgan fingerprint density at radius 2 is 1.94 bits per heavy atom. The molecule has 1 unspecified atom stereocenters. The first kappa shape index (κ1) is 24.4. The van der Waals surface area contributed by atoms with Gasteiger partial charge in [-0.2, -0.15) is 5.10 Å². The number of hydrogen-bond donors (Lipinski definition) is 1. The number of hydrazone groups is 1. The van der Waals surface area contributed by atoms with Crippen LogP contribution in [0.3, 0.4) is 0 Å². The van der Waals surface area contributed by atoms with Crippen molar-refractivity contribution in [2.75, 3.05) is 12.3 Å². The van der Waals surface area contributed by atoms with Gasteiger partial charge < -0.3 is 10.5 Å². The molecule has 9 heteroatoms. The van der Waals surface area contributed by atoms with E-state index in [2.05, 4.69) is 10.1 Å². The summed E-state index contributed by atoms with van der Waals surface area (Å²) in [5.41, 5.74) is 9.60. The number of benzene rings is 2. The number of pyridine rings is 1. The standard InChI is InChI=1S/C25H24ClIN4O3/c1-2-34-18-11-8-16-12-19(25(26)29-20(16)13-18)22-14-21(15-6-9-17(28)10-7-15)30-31(22)24(33)5-3-4-23(27)32/h6-13,22H,2-5,14,28H2,1H3. The van der Waals surface area contributed by atoms with Gasteiger partial charge in [-0.15, -0.1) is 0 Å². The van der Waals surface area contributed by atoms with Gasteiger partial charge in [-0.1, -0.05) is 23.7 Å². The lowest BCUT2D eigenvalue weighted by atomic mass is 9.98. The molecule has 1 aromatic heterocycles. The molecular formula is C25H24ClIN4O3. The summed E-state index contributed by atoms with van der Waals surface area (Å²) in [6, 6.07) is 14.6. The summed E-state index contributed by atoms with van der Waals surface area (Å²) in [4.78, 5) is 29.0. The Morgan fingerprint density at radius 3 is 2.65 bits per heavy atom. The van der Waals surface area contributed by atoms with Crippen molar-refractivity contribution in [3.05, 3.63) is 64.8 Å². The van der Waals surface area contributed by atoms with Crippen LogP contribution in [0.25, 0.3) is 10.9 Å². The maximum atomic E-state index is 13.1. The Bertz CT molecular complexity index is 1260. The highest BCUT2D eigenvalue weighted by Gasteiger charge is 2.34. The average Bonchev–Trinajstić information content (AvgIpc) is 3.24. The highest BCUT2D eigenvalue weighted by molar-refractivity contribution is 14.1. The molecule has 4 rings (SSSR count). The van der Waals surface area contributed by atoms with E-state index >= 15 is 0 Å². The molecule has 176 valence electrons. The number of nitrogens with two attached hydrogens (primary N) is 1. The van der Waals surface area contributed by atoms with E-state index in [-0.39, 0.29) is 16.1 Å². The fourth-order valence-corrected chi connectivity index (χ4v) is 4.61. The largest absolute Gasteiger partial charge is 0.494 e. The minimum atomic E-state index is -0.397. The first-order valence-electron chi connectivity index (χ1n) is 11.0. The minimum absolute atomic E-state index is 0.0302. The molecule has 0 bridgehead atoms. The summed E-state index contributed by atoms with van der Waals surface area (Å²) in [6.07, 6.45) is 1.53. The molecule has 0 aliphatic carbocycles. The van der Waals surface area contributed by atoms with E-state index in [1.54, 1.807) is 22.6 Å². The van der Waals surface area contributed by atoms with Crippen LogP contribution in [0.1, 0.15) is 49.8 Å². The number of carbonyl (C=O) groups is 2. The molecule has 1 atom stereocenters. The number of aromatic nitrogens is 1. The highest BCUT2D eigenvalue weighted by Crippen LogP contribution is 2.38. The van der Waals surface area contributed by atoms with E-state index in [4.69, 9.17) is 22.1 Å². The third-order valence-electron chi connectivity index (χ3n) is 5.61. The molecule has 0 fully saturated rings. The number of halogens is 2. The van der Waals surface area contributed by atoms with Crippen LogP contribution >= 0.6 is 34.2 Å². The number of nitrogen functional groups attached to an aromatic ring is 1. The van der Waals surface area contributed by atoms with Crippen LogP contribution in [0, 0.1) is 0 Å². The van der Waals surface area contributed by atoms with Crippen molar-refractivity contribution in [1.29, 1.82) is 0 Å². The predicted octanol–water partition coefficient (Wildman–Crippen LogP) is 5.68. The number of nitrogens with zero attached hydrogens (tertiary/aromatic N) is 3. The molecule has 0 saturated carbocycles. The first-order valence-corrected chi connectivity index (χ1v) is 12.5. The summed E-state index contributed by atoms with van der Waals surface area (Å²) in [7, 11) is 0. The molecule has 1 aliphatic heterocycles. The Morgan fingerprint density at radius 1 is 1.18 bits per heavy atom. The van der Waals surface area contributed by atoms with Crippen molar-refractivity contribution < 1.29 is 14.3 Å². The number of ether oxygens (including phenoxy) is 1. The summed E-state index contributed by atoms with van der Waals surface area (Å²) in [5, 5.41) is 7.38. The fourth-order valence-electron chi connectivity index (χ4n) is 3.96. The molecule has 0 saturated heterocycles. The lowest BCUT2D eigenvalue weighted by Gasteiger charge is -2.23. The molecule has 2 aromatic carbocycles. The van der Waals surface area contributed by atoms with Gasteiger partial charge in [-0.3, -0.25) is 9.59 Å². The lowest BCUT2D eigenvalue weighted by Crippen LogP contribution is -2.27. The highest BCUT2D eigenvalue weighted by atomic mass is 127. The van der Waals surface area contributed by atoms with Crippen LogP contribution < -0.4 is 10.5 Å². The molecule has 7 nitrogen and oxygen atoms in total. The Balaban J connectivity index is 1.68. The summed E-state index contributed by atoms with van der Waals surface area (Å²) in [5.74, 6) is 0.568. The molecular weight excluding hydrogens is 567 g/mol. The Hall–Kier alpha value is -2.72. The zero-order valence-corrected chi connectivity index (χ0v) is 21.5. The molecule has 0 radical (unpaired) electrons. The van der Waals surface area contributed by atoms with E-state index in [9.17, 15) is 9.59 Å². The van der Waals surface area contributed by atoms with Crippen molar-refractivity contribution in [2.45, 2.75) is 38.6 Å². The van der Waals surface area contributed by atoms with Gasteiger partial charge in [-0.25, -0.2) is 9.99 Å². The molecule has 2 heterocycles. The second-order valence-electron chi connectivity index (χ2n) is 7.99. The summed E-state index contributed by atoms with van der Waals surface area (Å²) >= 11 is 8.39. The van der Waals surface area contributed by atoms with E-state index in [1.807, 2.05) is 55.5 Å². The van der Waals surface area contributed by atoms with Crippen LogP contribution in [0.5, 0.6) is 5.75 Å². The van der Waals surface area contributed by atoms with E-state index in [0.29, 0.717) is 36.7 Å². The number of hydrogen-bond acceptors (Lipinski definition) is 6. The summed E-state index contributed by atoms with van der Waals surface area (Å²) < 4.78 is 5.60. The quantitative estimate of drug-likeness (QED) is 0.158. The summed E-state index contributed by atoms with van der Waals surface area (Å²) in [6.45, 7) is 2.49. The smallest absolute Gasteiger partial charge is 0.243 e. The van der Waals surface area contributed by atoms with Crippen molar-refractivity contribution in [3.8, 4) is 5.75 Å². The van der Waals surface area contributed by atoms with Crippen molar-refractivity contribution in [1.82, 2.24) is 9.99 Å². The van der Waals surface area contributed by atoms with Crippen molar-refractivity contribution in [2.24, 2.45) is 5.10 Å². The van der Waals surface area contributed by atoms with Crippen LogP contribution in [0.15, 0.2) is 53.6 Å². The number of carbonyl (C=O) groups excluding carboxylic acids is 2. The topological polar surface area (TPSA) is 97.9 Å². The van der Waals surface area contributed by atoms with E-state index in [0.717, 1.165) is 33.5 Å². The van der Waals surface area contributed by atoms with Crippen LogP contribution in [0.4, 0.5) is 5.69 Å². The monoisotopic (exact) mass is 590 g/mol. The number of amides is 1. The van der Waals surface area contributed by atoms with Gasteiger partial charge >= 0.3 is 0 Å². The van der Waals surface area contributed by atoms with Crippen LogP contribution in [-0.2, 0) is 9.59 Å². The van der Waals surface area contributed by atoms with E-state index in [1.165, 1.54) is 5.01 Å².